The van der Waals surface area contributed by atoms with Gasteiger partial charge in [0.1, 0.15) is 11.2 Å². The molecule has 14 heteroatoms. The Morgan fingerprint density at radius 2 is 1.84 bits per heavy atom. The number of likely N-dealkylation sites (N-methyl/N-ethyl adjacent to an activating group) is 1. The van der Waals surface area contributed by atoms with Crippen molar-refractivity contribution < 1.29 is 41.1 Å². The van der Waals surface area contributed by atoms with Crippen LogP contribution in [0.3, 0.4) is 0 Å². The van der Waals surface area contributed by atoms with Crippen molar-refractivity contribution >= 4 is 29.2 Å². The molecule has 1 aliphatic carbocycles. The molecule has 0 aromatic carbocycles. The van der Waals surface area contributed by atoms with Crippen molar-refractivity contribution in [2.45, 2.75) is 57.0 Å². The topological polar surface area (TPSA) is 122 Å². The number of amides is 3. The van der Waals surface area contributed by atoms with Crippen molar-refractivity contribution in [3.8, 4) is 0 Å². The Labute approximate surface area is 206 Å². The number of anilines is 1. The van der Waals surface area contributed by atoms with Crippen LogP contribution in [-0.2, 0) is 22.6 Å². The molecule has 198 valence electrons. The van der Waals surface area contributed by atoms with Gasteiger partial charge in [-0.3, -0.25) is 24.2 Å². The van der Waals surface area contributed by atoms with E-state index in [-0.39, 0.29) is 23.4 Å². The summed E-state index contributed by atoms with van der Waals surface area (Å²) in [6.45, 7) is 1.63. The quantitative estimate of drug-likeness (QED) is 0.290. The summed E-state index contributed by atoms with van der Waals surface area (Å²) in [6, 6.07) is 0.997. The SMILES string of the molecule is CNC(=O)C1(NC(=O)C(=O)c2c(C)c(C(=O)Nc3ccnc(C(F)F)c3F)c3n2CCC3)CC(F)(F)C1. The van der Waals surface area contributed by atoms with E-state index in [1.807, 2.05) is 0 Å². The van der Waals surface area contributed by atoms with Gasteiger partial charge in [-0.2, -0.15) is 0 Å². The van der Waals surface area contributed by atoms with Crippen molar-refractivity contribution in [1.82, 2.24) is 20.2 Å². The molecular weight excluding hydrogens is 505 g/mol. The lowest BCUT2D eigenvalue weighted by atomic mass is 9.72. The van der Waals surface area contributed by atoms with Gasteiger partial charge >= 0.3 is 0 Å². The maximum Gasteiger partial charge on any atom is 0.294 e. The summed E-state index contributed by atoms with van der Waals surface area (Å²) >= 11 is 0. The van der Waals surface area contributed by atoms with E-state index >= 15 is 0 Å². The zero-order valence-corrected chi connectivity index (χ0v) is 19.7. The Bertz CT molecular complexity index is 1320. The lowest BCUT2D eigenvalue weighted by Gasteiger charge is -2.45. The number of carbonyl (C=O) groups is 4. The molecule has 4 rings (SSSR count). The van der Waals surface area contributed by atoms with E-state index < -0.39 is 71.4 Å². The third kappa shape index (κ3) is 4.44. The molecule has 3 heterocycles. The number of Topliss-reactive ketones (excluding diaryl/α,β-unsaturated/α-hetero) is 1. The summed E-state index contributed by atoms with van der Waals surface area (Å²) in [5, 5.41) is 6.55. The summed E-state index contributed by atoms with van der Waals surface area (Å²) in [7, 11) is 1.21. The monoisotopic (exact) mass is 527 g/mol. The van der Waals surface area contributed by atoms with E-state index in [1.54, 1.807) is 0 Å². The average molecular weight is 527 g/mol. The number of alkyl halides is 4. The fourth-order valence-corrected chi connectivity index (χ4v) is 4.96. The Morgan fingerprint density at radius 1 is 1.16 bits per heavy atom. The zero-order chi connectivity index (χ0) is 27.3. The number of nitrogens with one attached hydrogen (secondary N) is 3. The second-order valence-electron chi connectivity index (χ2n) is 9.02. The molecule has 2 aromatic rings. The van der Waals surface area contributed by atoms with Gasteiger partial charge in [-0.1, -0.05) is 0 Å². The Morgan fingerprint density at radius 3 is 2.43 bits per heavy atom. The lowest BCUT2D eigenvalue weighted by Crippen LogP contribution is -2.69. The fourth-order valence-electron chi connectivity index (χ4n) is 4.96. The fraction of sp³-hybridized carbons (Fsp3) is 0.435. The highest BCUT2D eigenvalue weighted by molar-refractivity contribution is 6.43. The standard InChI is InChI=1S/C23H22F5N5O4/c1-10-13(19(35)31-11-5-6-30-15(14(11)24)18(25)26)12-4-3-7-33(12)16(10)17(34)20(36)32-22(21(37)29-2)8-23(27,28)9-22/h5-6,18H,3-4,7-9H2,1-2H3,(H,29,37)(H,32,36)(H,30,31,35). The van der Waals surface area contributed by atoms with Crippen molar-refractivity contribution in [2.75, 3.05) is 12.4 Å². The van der Waals surface area contributed by atoms with Crippen LogP contribution in [0.1, 0.15) is 63.5 Å². The first-order valence-electron chi connectivity index (χ1n) is 11.2. The van der Waals surface area contributed by atoms with Crippen molar-refractivity contribution in [2.24, 2.45) is 0 Å². The highest BCUT2D eigenvalue weighted by Crippen LogP contribution is 2.46. The molecule has 0 spiro atoms. The highest BCUT2D eigenvalue weighted by atomic mass is 19.3. The second kappa shape index (κ2) is 9.23. The Balaban J connectivity index is 1.63. The van der Waals surface area contributed by atoms with E-state index in [1.165, 1.54) is 18.5 Å². The molecule has 1 saturated carbocycles. The van der Waals surface area contributed by atoms with Crippen LogP contribution in [0.25, 0.3) is 0 Å². The van der Waals surface area contributed by atoms with Gasteiger partial charge in [0.25, 0.3) is 29.9 Å². The molecule has 9 nitrogen and oxygen atoms in total. The van der Waals surface area contributed by atoms with E-state index in [0.717, 1.165) is 12.3 Å². The van der Waals surface area contributed by atoms with Crippen molar-refractivity contribution in [3.05, 3.63) is 46.3 Å². The first-order valence-corrected chi connectivity index (χ1v) is 11.2. The number of hydrogen-bond donors (Lipinski definition) is 3. The molecule has 0 bridgehead atoms. The molecule has 37 heavy (non-hydrogen) atoms. The maximum absolute atomic E-state index is 14.4. The number of fused-ring (bicyclic) bond motifs is 1. The van der Waals surface area contributed by atoms with E-state index in [0.29, 0.717) is 18.5 Å². The van der Waals surface area contributed by atoms with Gasteiger partial charge < -0.3 is 20.5 Å². The first kappa shape index (κ1) is 26.2. The van der Waals surface area contributed by atoms with Gasteiger partial charge in [-0.15, -0.1) is 0 Å². The van der Waals surface area contributed by atoms with Crippen LogP contribution in [0.15, 0.2) is 12.3 Å². The van der Waals surface area contributed by atoms with Gasteiger partial charge in [0.2, 0.25) is 5.91 Å². The predicted octanol–water partition coefficient (Wildman–Crippen LogP) is 2.68. The normalized spacial score (nSPS) is 17.1. The highest BCUT2D eigenvalue weighted by Gasteiger charge is 2.62. The molecule has 0 unspecified atom stereocenters. The van der Waals surface area contributed by atoms with Gasteiger partial charge in [-0.25, -0.2) is 22.0 Å². The molecule has 3 amide bonds. The minimum absolute atomic E-state index is 0.0420. The molecule has 2 aliphatic rings. The number of rotatable bonds is 7. The first-order chi connectivity index (χ1) is 17.3. The summed E-state index contributed by atoms with van der Waals surface area (Å²) in [5.74, 6) is -8.82. The second-order valence-corrected chi connectivity index (χ2v) is 9.02. The summed E-state index contributed by atoms with van der Waals surface area (Å²) in [6.07, 6.45) is -3.43. The molecule has 1 fully saturated rings. The molecule has 2 aromatic heterocycles. The van der Waals surface area contributed by atoms with Crippen LogP contribution in [0.4, 0.5) is 27.6 Å². The van der Waals surface area contributed by atoms with Gasteiger partial charge in [0.15, 0.2) is 5.82 Å². The molecule has 3 N–H and O–H groups in total. The largest absolute Gasteiger partial charge is 0.357 e. The third-order valence-electron chi connectivity index (χ3n) is 6.56. The van der Waals surface area contributed by atoms with Crippen LogP contribution in [0, 0.1) is 12.7 Å². The van der Waals surface area contributed by atoms with Crippen LogP contribution in [-0.4, -0.2) is 51.6 Å². The van der Waals surface area contributed by atoms with Crippen molar-refractivity contribution in [3.63, 3.8) is 0 Å². The summed E-state index contributed by atoms with van der Waals surface area (Å²) in [4.78, 5) is 54.5. The van der Waals surface area contributed by atoms with Crippen LogP contribution in [0.5, 0.6) is 0 Å². The third-order valence-corrected chi connectivity index (χ3v) is 6.56. The van der Waals surface area contributed by atoms with Gasteiger partial charge in [0.05, 0.1) is 16.9 Å². The number of nitrogens with zero attached hydrogens (tertiary/aromatic N) is 2. The van der Waals surface area contributed by atoms with Crippen LogP contribution in [0.2, 0.25) is 0 Å². The number of carbonyl (C=O) groups excluding carboxylic acids is 4. The van der Waals surface area contributed by atoms with Gasteiger partial charge in [-0.05, 0) is 31.4 Å². The van der Waals surface area contributed by atoms with Crippen LogP contribution < -0.4 is 16.0 Å². The predicted molar refractivity (Wildman–Crippen MR) is 118 cm³/mol. The van der Waals surface area contributed by atoms with E-state index in [9.17, 15) is 41.1 Å². The number of hydrogen-bond acceptors (Lipinski definition) is 5. The number of pyridine rings is 1. The molecule has 0 atom stereocenters. The molecule has 0 radical (unpaired) electrons. The van der Waals surface area contributed by atoms with Crippen LogP contribution >= 0.6 is 0 Å². The van der Waals surface area contributed by atoms with Gasteiger partial charge in [0, 0.05) is 38.3 Å². The van der Waals surface area contributed by atoms with Crippen molar-refractivity contribution in [1.29, 1.82) is 0 Å². The van der Waals surface area contributed by atoms with E-state index in [4.69, 9.17) is 0 Å². The smallest absolute Gasteiger partial charge is 0.294 e. The lowest BCUT2D eigenvalue weighted by molar-refractivity contribution is -0.164. The molecule has 1 aliphatic heterocycles. The minimum atomic E-state index is -3.21. The zero-order valence-electron chi connectivity index (χ0n) is 19.7. The number of ketones is 1. The van der Waals surface area contributed by atoms with E-state index in [2.05, 4.69) is 20.9 Å². The molecular formula is C23H22F5N5O4. The summed E-state index contributed by atoms with van der Waals surface area (Å²) in [5.41, 5.74) is -3.44. The summed E-state index contributed by atoms with van der Waals surface area (Å²) < 4.78 is 69.0. The maximum atomic E-state index is 14.4. The number of halogens is 5. The molecule has 0 saturated heterocycles. The average Bonchev–Trinajstić information content (AvgIpc) is 3.37. The Kier molecular flexibility index (Phi) is 6.54. The minimum Gasteiger partial charge on any atom is -0.357 e. The number of aromatic nitrogens is 2. The Hall–Kier alpha value is -3.84.